The Morgan fingerprint density at radius 1 is 1.14 bits per heavy atom. The Hall–Kier alpha value is -3.67. The number of aromatic nitrogens is 2. The molecule has 2 atom stereocenters. The summed E-state index contributed by atoms with van der Waals surface area (Å²) in [5.41, 5.74) is 1.19. The molecule has 12 nitrogen and oxygen atoms in total. The normalized spacial score (nSPS) is 21.2. The van der Waals surface area contributed by atoms with Crippen molar-refractivity contribution in [2.75, 3.05) is 26.2 Å². The molecule has 2 aromatic rings. The molecule has 200 valence electrons. The van der Waals surface area contributed by atoms with E-state index in [0.29, 0.717) is 30.5 Å². The fourth-order valence-corrected chi connectivity index (χ4v) is 4.87. The van der Waals surface area contributed by atoms with Crippen LogP contribution in [0.25, 0.3) is 11.0 Å². The van der Waals surface area contributed by atoms with Gasteiger partial charge in [-0.2, -0.15) is 0 Å². The van der Waals surface area contributed by atoms with Crippen molar-refractivity contribution in [3.8, 4) is 0 Å². The lowest BCUT2D eigenvalue weighted by atomic mass is 10.1. The van der Waals surface area contributed by atoms with Crippen molar-refractivity contribution in [3.63, 3.8) is 0 Å². The molecule has 2 N–H and O–H groups in total. The number of imidazole rings is 1. The van der Waals surface area contributed by atoms with Crippen LogP contribution in [0, 0.1) is 0 Å². The molecule has 3 amide bonds. The predicted octanol–water partition coefficient (Wildman–Crippen LogP) is 0.866. The Labute approximate surface area is 213 Å². The number of ether oxygens (including phenoxy) is 1. The first-order valence-corrected chi connectivity index (χ1v) is 12.3. The van der Waals surface area contributed by atoms with Gasteiger partial charge in [0.25, 0.3) is 0 Å². The van der Waals surface area contributed by atoms with E-state index in [2.05, 4.69) is 5.32 Å². The van der Waals surface area contributed by atoms with E-state index in [9.17, 15) is 29.1 Å². The number of piperidine rings is 1. The number of aryl methyl sites for hydroxylation is 1. The van der Waals surface area contributed by atoms with Gasteiger partial charge < -0.3 is 9.84 Å². The highest BCUT2D eigenvalue weighted by atomic mass is 16.6. The molecule has 0 spiro atoms. The summed E-state index contributed by atoms with van der Waals surface area (Å²) in [6.45, 7) is 6.72. The molecule has 37 heavy (non-hydrogen) atoms. The Morgan fingerprint density at radius 2 is 1.86 bits per heavy atom. The Kier molecular flexibility index (Phi) is 7.13. The van der Waals surface area contributed by atoms with E-state index in [4.69, 9.17) is 4.74 Å². The van der Waals surface area contributed by atoms with Crippen molar-refractivity contribution in [2.24, 2.45) is 7.05 Å². The van der Waals surface area contributed by atoms with Crippen molar-refractivity contribution < 1.29 is 29.0 Å². The number of fused-ring (bicyclic) bond motifs is 1. The highest BCUT2D eigenvalue weighted by molar-refractivity contribution is 6.00. The van der Waals surface area contributed by atoms with Crippen molar-refractivity contribution >= 4 is 34.9 Å². The third-order valence-corrected chi connectivity index (χ3v) is 6.77. The van der Waals surface area contributed by atoms with E-state index < -0.39 is 35.7 Å². The Bertz CT molecular complexity index is 1300. The minimum Gasteiger partial charge on any atom is -0.480 e. The largest absolute Gasteiger partial charge is 0.480 e. The van der Waals surface area contributed by atoms with Gasteiger partial charge in [-0.3, -0.25) is 33.8 Å². The number of carboxylic acids is 1. The molecule has 0 saturated carbocycles. The molecule has 2 fully saturated rings. The molecule has 0 aliphatic carbocycles. The molecular weight excluding hydrogens is 482 g/mol. The SMILES string of the molecule is Cn1c(=O)n(C2CCC(=O)NC2=O)c2ccc(CCN3CCN(C(=O)OC(C)(C)C)[C@H](C(=O)O)C3)cc21. The summed E-state index contributed by atoms with van der Waals surface area (Å²) in [5.74, 6) is -1.90. The lowest BCUT2D eigenvalue weighted by molar-refractivity contribution is -0.145. The van der Waals surface area contributed by atoms with Gasteiger partial charge in [0.15, 0.2) is 0 Å². The monoisotopic (exact) mass is 515 g/mol. The predicted molar refractivity (Wildman–Crippen MR) is 133 cm³/mol. The first-order chi connectivity index (χ1) is 17.4. The van der Waals surface area contributed by atoms with Gasteiger partial charge in [-0.05, 0) is 51.3 Å². The van der Waals surface area contributed by atoms with E-state index >= 15 is 0 Å². The van der Waals surface area contributed by atoms with E-state index in [1.165, 1.54) is 14.0 Å². The van der Waals surface area contributed by atoms with Gasteiger partial charge in [0.05, 0.1) is 11.0 Å². The number of nitrogens with zero attached hydrogens (tertiary/aromatic N) is 4. The van der Waals surface area contributed by atoms with Gasteiger partial charge in [-0.15, -0.1) is 0 Å². The fraction of sp³-hybridized carbons (Fsp3) is 0.560. The molecule has 1 unspecified atom stereocenters. The Balaban J connectivity index is 1.46. The number of nitrogens with one attached hydrogen (secondary N) is 1. The zero-order chi connectivity index (χ0) is 27.1. The van der Waals surface area contributed by atoms with Crippen LogP contribution in [0.2, 0.25) is 0 Å². The van der Waals surface area contributed by atoms with Crippen molar-refractivity contribution in [3.05, 3.63) is 34.2 Å². The summed E-state index contributed by atoms with van der Waals surface area (Å²) in [6.07, 6.45) is 0.416. The third-order valence-electron chi connectivity index (χ3n) is 6.77. The molecular formula is C25H33N5O7. The number of rotatable bonds is 5. The maximum Gasteiger partial charge on any atom is 0.411 e. The van der Waals surface area contributed by atoms with Crippen LogP contribution in [0.4, 0.5) is 4.79 Å². The minimum atomic E-state index is -1.08. The summed E-state index contributed by atoms with van der Waals surface area (Å²) in [5, 5.41) is 12.0. The zero-order valence-electron chi connectivity index (χ0n) is 21.5. The molecule has 4 rings (SSSR count). The van der Waals surface area contributed by atoms with Crippen molar-refractivity contribution in [2.45, 2.75) is 57.7 Å². The number of amides is 3. The highest BCUT2D eigenvalue weighted by Crippen LogP contribution is 2.24. The van der Waals surface area contributed by atoms with E-state index in [1.807, 2.05) is 17.0 Å². The molecule has 1 aromatic carbocycles. The summed E-state index contributed by atoms with van der Waals surface area (Å²) < 4.78 is 8.30. The molecule has 1 aromatic heterocycles. The van der Waals surface area contributed by atoms with Gasteiger partial charge in [-0.1, -0.05) is 6.07 Å². The summed E-state index contributed by atoms with van der Waals surface area (Å²) in [4.78, 5) is 64.5. The number of imide groups is 1. The van der Waals surface area contributed by atoms with Crippen LogP contribution >= 0.6 is 0 Å². The number of aliphatic carboxylic acids is 1. The van der Waals surface area contributed by atoms with E-state index in [1.54, 1.807) is 33.9 Å². The average molecular weight is 516 g/mol. The zero-order valence-corrected chi connectivity index (χ0v) is 21.5. The molecule has 2 aliphatic heterocycles. The number of hydrogen-bond acceptors (Lipinski definition) is 7. The first-order valence-electron chi connectivity index (χ1n) is 12.3. The van der Waals surface area contributed by atoms with Crippen LogP contribution in [-0.4, -0.2) is 85.7 Å². The number of carbonyl (C=O) groups is 4. The van der Waals surface area contributed by atoms with Gasteiger partial charge in [0.2, 0.25) is 11.8 Å². The van der Waals surface area contributed by atoms with E-state index in [0.717, 1.165) is 5.56 Å². The van der Waals surface area contributed by atoms with Crippen LogP contribution in [0.15, 0.2) is 23.0 Å². The van der Waals surface area contributed by atoms with Gasteiger partial charge in [0, 0.05) is 39.6 Å². The molecule has 12 heteroatoms. The number of carboxylic acid groups (broad SMARTS) is 1. The lowest BCUT2D eigenvalue weighted by Gasteiger charge is -2.39. The Morgan fingerprint density at radius 3 is 2.51 bits per heavy atom. The fourth-order valence-electron chi connectivity index (χ4n) is 4.87. The quantitative estimate of drug-likeness (QED) is 0.559. The highest BCUT2D eigenvalue weighted by Gasteiger charge is 2.37. The molecule has 3 heterocycles. The second-order valence-corrected chi connectivity index (χ2v) is 10.6. The first kappa shape index (κ1) is 26.4. The molecule has 2 aliphatic rings. The molecule has 0 radical (unpaired) electrons. The van der Waals surface area contributed by atoms with Crippen LogP contribution in [-0.2, 0) is 32.6 Å². The summed E-state index contributed by atoms with van der Waals surface area (Å²) >= 11 is 0. The summed E-state index contributed by atoms with van der Waals surface area (Å²) in [7, 11) is 1.64. The average Bonchev–Trinajstić information content (AvgIpc) is 3.06. The lowest BCUT2D eigenvalue weighted by Crippen LogP contribution is -2.59. The maximum absolute atomic E-state index is 13.0. The van der Waals surface area contributed by atoms with Crippen LogP contribution < -0.4 is 11.0 Å². The number of carbonyl (C=O) groups excluding carboxylic acids is 3. The minimum absolute atomic E-state index is 0.176. The van der Waals surface area contributed by atoms with E-state index in [-0.39, 0.29) is 37.5 Å². The third kappa shape index (κ3) is 5.53. The van der Waals surface area contributed by atoms with Crippen molar-refractivity contribution in [1.82, 2.24) is 24.3 Å². The topological polar surface area (TPSA) is 143 Å². The van der Waals surface area contributed by atoms with Gasteiger partial charge in [-0.25, -0.2) is 14.4 Å². The number of benzene rings is 1. The van der Waals surface area contributed by atoms with Crippen molar-refractivity contribution in [1.29, 1.82) is 0 Å². The molecule has 2 saturated heterocycles. The van der Waals surface area contributed by atoms with Crippen LogP contribution in [0.3, 0.4) is 0 Å². The van der Waals surface area contributed by atoms with Gasteiger partial charge in [0.1, 0.15) is 17.7 Å². The standard InChI is InChI=1S/C25H33N5O7/c1-25(2,3)37-24(36)29-12-11-28(14-19(29)22(33)34)10-9-15-5-6-16-18(13-15)27(4)23(35)30(16)17-7-8-20(31)26-21(17)32/h5-6,13,17,19H,7-12,14H2,1-4H3,(H,33,34)(H,26,31,32)/t17?,19-/m0/s1. The maximum atomic E-state index is 13.0. The van der Waals surface area contributed by atoms with Crippen LogP contribution in [0.1, 0.15) is 45.2 Å². The second kappa shape index (κ2) is 10.0. The second-order valence-electron chi connectivity index (χ2n) is 10.6. The number of hydrogen-bond donors (Lipinski definition) is 2. The van der Waals surface area contributed by atoms with Gasteiger partial charge >= 0.3 is 17.8 Å². The van der Waals surface area contributed by atoms with Crippen LogP contribution in [0.5, 0.6) is 0 Å². The summed E-state index contributed by atoms with van der Waals surface area (Å²) in [6, 6.07) is 3.83. The smallest absolute Gasteiger partial charge is 0.411 e. The number of piperazine rings is 1. The molecule has 0 bridgehead atoms.